The monoisotopic (exact) mass is 255 g/mol. The molecule has 0 saturated carbocycles. The third-order valence-electron chi connectivity index (χ3n) is 3.24. The average molecular weight is 255 g/mol. The molecule has 3 N–H and O–H groups in total. The number of nitrogen functional groups attached to an aromatic ring is 1. The highest BCUT2D eigenvalue weighted by molar-refractivity contribution is 5.63. The Morgan fingerprint density at radius 3 is 2.74 bits per heavy atom. The molecule has 1 aromatic heterocycles. The number of hydrogen-bond acceptors (Lipinski definition) is 5. The van der Waals surface area contributed by atoms with Gasteiger partial charge in [-0.2, -0.15) is 0 Å². The second-order valence-corrected chi connectivity index (χ2v) is 4.71. The highest BCUT2D eigenvalue weighted by Crippen LogP contribution is 2.22. The Hall–Kier alpha value is -2.30. The van der Waals surface area contributed by atoms with Gasteiger partial charge in [0.25, 0.3) is 0 Å². The lowest BCUT2D eigenvalue weighted by Gasteiger charge is -2.16. The van der Waals surface area contributed by atoms with Gasteiger partial charge in [0.1, 0.15) is 18.0 Å². The van der Waals surface area contributed by atoms with E-state index in [2.05, 4.69) is 20.2 Å². The van der Waals surface area contributed by atoms with Crippen LogP contribution in [0.4, 0.5) is 23.0 Å². The molecule has 0 bridgehead atoms. The topological polar surface area (TPSA) is 67.1 Å². The van der Waals surface area contributed by atoms with Gasteiger partial charge in [-0.15, -0.1) is 0 Å². The Balaban J connectivity index is 1.79. The Morgan fingerprint density at radius 2 is 1.95 bits per heavy atom. The molecule has 19 heavy (non-hydrogen) atoms. The quantitative estimate of drug-likeness (QED) is 0.824. The summed E-state index contributed by atoms with van der Waals surface area (Å²) < 4.78 is 0. The second kappa shape index (κ2) is 5.14. The standard InChI is InChI=1S/C14H17N5/c15-11-4-3-5-12(8-11)18-13-9-14(17-10-16-13)19-6-1-2-7-19/h3-5,8-10H,1-2,6-7,15H2,(H,16,17,18). The minimum atomic E-state index is 0.735. The van der Waals surface area contributed by atoms with Gasteiger partial charge in [0.05, 0.1) is 0 Å². The van der Waals surface area contributed by atoms with Gasteiger partial charge >= 0.3 is 0 Å². The SMILES string of the molecule is Nc1cccc(Nc2cc(N3CCCC3)ncn2)c1. The molecule has 5 heteroatoms. The molecular weight excluding hydrogens is 238 g/mol. The molecule has 2 heterocycles. The zero-order valence-electron chi connectivity index (χ0n) is 10.7. The number of rotatable bonds is 3. The van der Waals surface area contributed by atoms with Crippen molar-refractivity contribution in [1.82, 2.24) is 9.97 Å². The van der Waals surface area contributed by atoms with Gasteiger partial charge in [-0.25, -0.2) is 9.97 Å². The first kappa shape index (κ1) is 11.8. The van der Waals surface area contributed by atoms with Crippen LogP contribution >= 0.6 is 0 Å². The second-order valence-electron chi connectivity index (χ2n) is 4.71. The molecule has 0 atom stereocenters. The van der Waals surface area contributed by atoms with Crippen LogP contribution in [0.15, 0.2) is 36.7 Å². The van der Waals surface area contributed by atoms with Crippen molar-refractivity contribution in [1.29, 1.82) is 0 Å². The molecule has 3 rings (SSSR count). The van der Waals surface area contributed by atoms with E-state index in [9.17, 15) is 0 Å². The van der Waals surface area contributed by atoms with Crippen LogP contribution in [-0.2, 0) is 0 Å². The lowest BCUT2D eigenvalue weighted by atomic mass is 10.3. The number of benzene rings is 1. The maximum Gasteiger partial charge on any atom is 0.135 e. The molecule has 1 saturated heterocycles. The number of hydrogen-bond donors (Lipinski definition) is 2. The Morgan fingerprint density at radius 1 is 1.11 bits per heavy atom. The summed E-state index contributed by atoms with van der Waals surface area (Å²) in [5.74, 6) is 1.78. The fourth-order valence-electron chi connectivity index (χ4n) is 2.30. The first-order valence-electron chi connectivity index (χ1n) is 6.51. The fourth-order valence-corrected chi connectivity index (χ4v) is 2.30. The zero-order valence-corrected chi connectivity index (χ0v) is 10.7. The van der Waals surface area contributed by atoms with Crippen LogP contribution < -0.4 is 16.0 Å². The van der Waals surface area contributed by atoms with Crippen molar-refractivity contribution < 1.29 is 0 Å². The van der Waals surface area contributed by atoms with Gasteiger partial charge in [-0.05, 0) is 31.0 Å². The number of nitrogens with zero attached hydrogens (tertiary/aromatic N) is 3. The van der Waals surface area contributed by atoms with E-state index in [0.717, 1.165) is 36.1 Å². The first-order valence-corrected chi connectivity index (χ1v) is 6.51. The fraction of sp³-hybridized carbons (Fsp3) is 0.286. The smallest absolute Gasteiger partial charge is 0.135 e. The predicted molar refractivity (Wildman–Crippen MR) is 77.6 cm³/mol. The zero-order chi connectivity index (χ0) is 13.1. The van der Waals surface area contributed by atoms with E-state index in [1.165, 1.54) is 12.8 Å². The molecule has 1 fully saturated rings. The van der Waals surface area contributed by atoms with Crippen LogP contribution in [0, 0.1) is 0 Å². The Labute approximate surface area is 112 Å². The van der Waals surface area contributed by atoms with Gasteiger partial charge in [0, 0.05) is 30.5 Å². The van der Waals surface area contributed by atoms with Gasteiger partial charge in [0.2, 0.25) is 0 Å². The maximum atomic E-state index is 5.76. The van der Waals surface area contributed by atoms with Crippen molar-refractivity contribution in [2.24, 2.45) is 0 Å². The Kier molecular flexibility index (Phi) is 3.18. The summed E-state index contributed by atoms with van der Waals surface area (Å²) in [6, 6.07) is 9.61. The normalized spacial score (nSPS) is 14.6. The summed E-state index contributed by atoms with van der Waals surface area (Å²) >= 11 is 0. The molecule has 1 aliphatic rings. The van der Waals surface area contributed by atoms with Crippen LogP contribution in [0.25, 0.3) is 0 Å². The summed E-state index contributed by atoms with van der Waals surface area (Å²) in [5, 5.41) is 3.25. The predicted octanol–water partition coefficient (Wildman–Crippen LogP) is 2.40. The summed E-state index contributed by atoms with van der Waals surface area (Å²) in [4.78, 5) is 10.9. The van der Waals surface area contributed by atoms with Crippen molar-refractivity contribution in [2.45, 2.75) is 12.8 Å². The molecule has 0 spiro atoms. The summed E-state index contributed by atoms with van der Waals surface area (Å²) in [6.45, 7) is 2.16. The van der Waals surface area contributed by atoms with Gasteiger partial charge in [-0.3, -0.25) is 0 Å². The van der Waals surface area contributed by atoms with E-state index in [1.807, 2.05) is 30.3 Å². The minimum Gasteiger partial charge on any atom is -0.399 e. The lowest BCUT2D eigenvalue weighted by Crippen LogP contribution is -2.19. The third kappa shape index (κ3) is 2.76. The van der Waals surface area contributed by atoms with E-state index >= 15 is 0 Å². The number of nitrogens with one attached hydrogen (secondary N) is 1. The van der Waals surface area contributed by atoms with Crippen molar-refractivity contribution in [2.75, 3.05) is 29.0 Å². The Bertz CT molecular complexity index is 563. The van der Waals surface area contributed by atoms with E-state index < -0.39 is 0 Å². The van der Waals surface area contributed by atoms with Crippen molar-refractivity contribution in [3.63, 3.8) is 0 Å². The molecule has 98 valence electrons. The van der Waals surface area contributed by atoms with Crippen LogP contribution in [-0.4, -0.2) is 23.1 Å². The van der Waals surface area contributed by atoms with E-state index in [0.29, 0.717) is 0 Å². The largest absolute Gasteiger partial charge is 0.399 e. The molecule has 0 radical (unpaired) electrons. The number of aromatic nitrogens is 2. The van der Waals surface area contributed by atoms with Crippen molar-refractivity contribution >= 4 is 23.0 Å². The van der Waals surface area contributed by atoms with Crippen LogP contribution in [0.5, 0.6) is 0 Å². The third-order valence-corrected chi connectivity index (χ3v) is 3.24. The molecular formula is C14H17N5. The molecule has 5 nitrogen and oxygen atoms in total. The molecule has 0 unspecified atom stereocenters. The summed E-state index contributed by atoms with van der Waals surface area (Å²) in [6.07, 6.45) is 4.08. The van der Waals surface area contributed by atoms with E-state index in [-0.39, 0.29) is 0 Å². The molecule has 1 aromatic carbocycles. The summed E-state index contributed by atoms with van der Waals surface area (Å²) in [7, 11) is 0. The highest BCUT2D eigenvalue weighted by atomic mass is 15.2. The summed E-state index contributed by atoms with van der Waals surface area (Å²) in [5.41, 5.74) is 7.43. The lowest BCUT2D eigenvalue weighted by molar-refractivity contribution is 0.928. The van der Waals surface area contributed by atoms with Crippen molar-refractivity contribution in [3.05, 3.63) is 36.7 Å². The molecule has 0 aliphatic carbocycles. The minimum absolute atomic E-state index is 0.735. The molecule has 1 aliphatic heterocycles. The van der Waals surface area contributed by atoms with E-state index in [4.69, 9.17) is 5.73 Å². The average Bonchev–Trinajstić information content (AvgIpc) is 2.93. The number of nitrogens with two attached hydrogens (primary N) is 1. The molecule has 2 aromatic rings. The first-order chi connectivity index (χ1) is 9.31. The van der Waals surface area contributed by atoms with Gasteiger partial charge in [0.15, 0.2) is 0 Å². The van der Waals surface area contributed by atoms with Crippen LogP contribution in [0.2, 0.25) is 0 Å². The van der Waals surface area contributed by atoms with Crippen LogP contribution in [0.1, 0.15) is 12.8 Å². The van der Waals surface area contributed by atoms with Gasteiger partial charge < -0.3 is 16.0 Å². The number of anilines is 4. The maximum absolute atomic E-state index is 5.76. The van der Waals surface area contributed by atoms with Crippen molar-refractivity contribution in [3.8, 4) is 0 Å². The highest BCUT2D eigenvalue weighted by Gasteiger charge is 2.13. The molecule has 0 amide bonds. The van der Waals surface area contributed by atoms with Gasteiger partial charge in [-0.1, -0.05) is 6.07 Å². The van der Waals surface area contributed by atoms with E-state index in [1.54, 1.807) is 6.33 Å². The van der Waals surface area contributed by atoms with Crippen LogP contribution in [0.3, 0.4) is 0 Å².